The van der Waals surface area contributed by atoms with Gasteiger partial charge in [-0.3, -0.25) is 0 Å². The number of nitrogens with one attached hydrogen (secondary N) is 1. The number of anilines is 2. The minimum atomic E-state index is -0.213. The van der Waals surface area contributed by atoms with Crippen molar-refractivity contribution in [3.63, 3.8) is 0 Å². The maximum Gasteiger partial charge on any atom is 0.136 e. The van der Waals surface area contributed by atoms with Crippen LogP contribution in [0.1, 0.15) is 12.8 Å². The third-order valence-electron chi connectivity index (χ3n) is 3.87. The van der Waals surface area contributed by atoms with Crippen LogP contribution in [0.15, 0.2) is 24.4 Å². The number of fused-ring (bicyclic) bond motifs is 1. The normalized spacial score (nSPS) is 14.9. The highest BCUT2D eigenvalue weighted by molar-refractivity contribution is 6.00. The second-order valence-corrected chi connectivity index (χ2v) is 5.27. The van der Waals surface area contributed by atoms with Gasteiger partial charge in [0, 0.05) is 37.5 Å². The van der Waals surface area contributed by atoms with E-state index in [1.54, 1.807) is 19.4 Å². The predicted molar refractivity (Wildman–Crippen MR) is 83.5 cm³/mol. The van der Waals surface area contributed by atoms with Crippen molar-refractivity contribution in [2.45, 2.75) is 12.8 Å². The van der Waals surface area contributed by atoms with Gasteiger partial charge in [0.25, 0.3) is 0 Å². The Kier molecular flexibility index (Phi) is 4.20. The Balaban J connectivity index is 2.03. The van der Waals surface area contributed by atoms with Gasteiger partial charge in [-0.2, -0.15) is 0 Å². The monoisotopic (exact) mass is 289 g/mol. The average molecular weight is 289 g/mol. The number of aromatic nitrogens is 1. The molecule has 0 saturated carbocycles. The number of nitrogens with zero attached hydrogens (tertiary/aromatic N) is 2. The molecule has 0 atom stereocenters. The van der Waals surface area contributed by atoms with Crippen LogP contribution < -0.4 is 10.2 Å². The van der Waals surface area contributed by atoms with Crippen molar-refractivity contribution < 1.29 is 9.13 Å². The molecule has 2 heterocycles. The van der Waals surface area contributed by atoms with Gasteiger partial charge in [-0.1, -0.05) is 12.1 Å². The molecular weight excluding hydrogens is 269 g/mol. The molecule has 0 amide bonds. The van der Waals surface area contributed by atoms with Crippen LogP contribution in [0.25, 0.3) is 10.8 Å². The Morgan fingerprint density at radius 1 is 1.33 bits per heavy atom. The van der Waals surface area contributed by atoms with E-state index in [4.69, 9.17) is 4.74 Å². The van der Waals surface area contributed by atoms with Gasteiger partial charge in [-0.15, -0.1) is 0 Å². The summed E-state index contributed by atoms with van der Waals surface area (Å²) < 4.78 is 19.3. The summed E-state index contributed by atoms with van der Waals surface area (Å²) in [4.78, 5) is 6.80. The van der Waals surface area contributed by atoms with Crippen LogP contribution in [0, 0.1) is 5.82 Å². The van der Waals surface area contributed by atoms with Gasteiger partial charge in [0.2, 0.25) is 0 Å². The highest BCUT2D eigenvalue weighted by atomic mass is 19.1. The van der Waals surface area contributed by atoms with Crippen LogP contribution >= 0.6 is 0 Å². The van der Waals surface area contributed by atoms with Crippen LogP contribution in [-0.2, 0) is 4.74 Å². The number of hydrogen-bond donors (Lipinski definition) is 1. The summed E-state index contributed by atoms with van der Waals surface area (Å²) in [6, 6.07) is 5.19. The van der Waals surface area contributed by atoms with Crippen molar-refractivity contribution in [2.75, 3.05) is 43.6 Å². The van der Waals surface area contributed by atoms with Crippen molar-refractivity contribution in [2.24, 2.45) is 0 Å². The zero-order valence-electron chi connectivity index (χ0n) is 12.2. The first kappa shape index (κ1) is 14.1. The molecule has 4 nitrogen and oxygen atoms in total. The van der Waals surface area contributed by atoms with E-state index < -0.39 is 0 Å². The van der Waals surface area contributed by atoms with Crippen molar-refractivity contribution >= 4 is 22.3 Å². The third-order valence-corrected chi connectivity index (χ3v) is 3.87. The van der Waals surface area contributed by atoms with E-state index in [2.05, 4.69) is 15.2 Å². The minimum absolute atomic E-state index is 0.213. The van der Waals surface area contributed by atoms with Crippen LogP contribution in [0.4, 0.5) is 15.9 Å². The Morgan fingerprint density at radius 3 is 2.90 bits per heavy atom. The number of rotatable bonds is 5. The van der Waals surface area contributed by atoms with Gasteiger partial charge in [0.05, 0.1) is 18.5 Å². The van der Waals surface area contributed by atoms with Crippen molar-refractivity contribution in [1.29, 1.82) is 0 Å². The minimum Gasteiger partial charge on any atom is -0.383 e. The Morgan fingerprint density at radius 2 is 2.14 bits per heavy atom. The standard InChI is InChI=1S/C16H20FN3O/c1-21-10-7-18-14-11-19-16(20-8-2-3-9-20)12-5-4-6-13(17)15(12)14/h4-6,11,18H,2-3,7-10H2,1H3. The van der Waals surface area contributed by atoms with E-state index in [-0.39, 0.29) is 5.82 Å². The third kappa shape index (κ3) is 2.78. The van der Waals surface area contributed by atoms with Crippen molar-refractivity contribution in [3.8, 4) is 0 Å². The molecule has 1 aliphatic rings. The quantitative estimate of drug-likeness (QED) is 0.859. The zero-order chi connectivity index (χ0) is 14.7. The molecule has 3 rings (SSSR count). The first-order valence-electron chi connectivity index (χ1n) is 7.36. The van der Waals surface area contributed by atoms with Gasteiger partial charge in [-0.25, -0.2) is 9.37 Å². The smallest absolute Gasteiger partial charge is 0.136 e. The topological polar surface area (TPSA) is 37.4 Å². The first-order valence-corrected chi connectivity index (χ1v) is 7.36. The van der Waals surface area contributed by atoms with Gasteiger partial charge < -0.3 is 15.0 Å². The lowest BCUT2D eigenvalue weighted by Gasteiger charge is -2.20. The highest BCUT2D eigenvalue weighted by Crippen LogP contribution is 2.33. The maximum atomic E-state index is 14.3. The number of pyridine rings is 1. The Hall–Kier alpha value is -1.88. The summed E-state index contributed by atoms with van der Waals surface area (Å²) in [5.74, 6) is 0.676. The molecule has 112 valence electrons. The van der Waals surface area contributed by atoms with Gasteiger partial charge >= 0.3 is 0 Å². The molecule has 1 aromatic carbocycles. The van der Waals surface area contributed by atoms with E-state index in [1.165, 1.54) is 18.9 Å². The zero-order valence-corrected chi connectivity index (χ0v) is 12.2. The molecule has 1 fully saturated rings. The molecule has 0 aliphatic carbocycles. The summed E-state index contributed by atoms with van der Waals surface area (Å²) in [7, 11) is 1.65. The predicted octanol–water partition coefficient (Wildman–Crippen LogP) is 3.03. The van der Waals surface area contributed by atoms with E-state index >= 15 is 0 Å². The van der Waals surface area contributed by atoms with E-state index in [0.717, 1.165) is 30.0 Å². The van der Waals surface area contributed by atoms with Crippen LogP contribution in [0.5, 0.6) is 0 Å². The van der Waals surface area contributed by atoms with Gasteiger partial charge in [0.15, 0.2) is 0 Å². The summed E-state index contributed by atoms with van der Waals surface area (Å²) in [6.07, 6.45) is 4.08. The summed E-state index contributed by atoms with van der Waals surface area (Å²) in [5, 5.41) is 4.69. The molecule has 0 radical (unpaired) electrons. The van der Waals surface area contributed by atoms with Crippen molar-refractivity contribution in [1.82, 2.24) is 4.98 Å². The van der Waals surface area contributed by atoms with Crippen LogP contribution in [-0.4, -0.2) is 38.3 Å². The molecule has 1 N–H and O–H groups in total. The molecule has 0 spiro atoms. The summed E-state index contributed by atoms with van der Waals surface area (Å²) in [6.45, 7) is 3.19. The largest absolute Gasteiger partial charge is 0.383 e. The lowest BCUT2D eigenvalue weighted by atomic mass is 10.1. The molecule has 5 heteroatoms. The molecule has 1 aliphatic heterocycles. The highest BCUT2D eigenvalue weighted by Gasteiger charge is 2.18. The van der Waals surface area contributed by atoms with E-state index in [0.29, 0.717) is 18.5 Å². The fourth-order valence-corrected chi connectivity index (χ4v) is 2.85. The fourth-order valence-electron chi connectivity index (χ4n) is 2.85. The van der Waals surface area contributed by atoms with Crippen molar-refractivity contribution in [3.05, 3.63) is 30.2 Å². The SMILES string of the molecule is COCCNc1cnc(N2CCCC2)c2cccc(F)c12. The number of ether oxygens (including phenoxy) is 1. The molecule has 0 bridgehead atoms. The summed E-state index contributed by atoms with van der Waals surface area (Å²) >= 11 is 0. The molecule has 1 saturated heterocycles. The Labute approximate surface area is 123 Å². The van der Waals surface area contributed by atoms with Gasteiger partial charge in [-0.05, 0) is 18.9 Å². The molecule has 0 unspecified atom stereocenters. The van der Waals surface area contributed by atoms with E-state index in [9.17, 15) is 4.39 Å². The van der Waals surface area contributed by atoms with Crippen LogP contribution in [0.3, 0.4) is 0 Å². The summed E-state index contributed by atoms with van der Waals surface area (Å²) in [5.41, 5.74) is 0.725. The fraction of sp³-hybridized carbons (Fsp3) is 0.438. The van der Waals surface area contributed by atoms with E-state index in [1.807, 2.05) is 6.07 Å². The molecule has 2 aromatic rings. The second-order valence-electron chi connectivity index (χ2n) is 5.27. The molecule has 21 heavy (non-hydrogen) atoms. The number of halogens is 1. The van der Waals surface area contributed by atoms with Gasteiger partial charge in [0.1, 0.15) is 11.6 Å². The lowest BCUT2D eigenvalue weighted by molar-refractivity contribution is 0.211. The lowest BCUT2D eigenvalue weighted by Crippen LogP contribution is -2.19. The first-order chi connectivity index (χ1) is 10.3. The number of benzene rings is 1. The molecule has 1 aromatic heterocycles. The van der Waals surface area contributed by atoms with Crippen LogP contribution in [0.2, 0.25) is 0 Å². The maximum absolute atomic E-state index is 14.3. The number of hydrogen-bond acceptors (Lipinski definition) is 4. The average Bonchev–Trinajstić information content (AvgIpc) is 3.02. The second kappa shape index (κ2) is 6.26. The Bertz CT molecular complexity index is 626. The number of methoxy groups -OCH3 is 1. The molecular formula is C16H20FN3O.